The fourth-order valence-corrected chi connectivity index (χ4v) is 2.00. The topological polar surface area (TPSA) is 125 Å². The first-order valence-electron chi connectivity index (χ1n) is 5.78. The summed E-state index contributed by atoms with van der Waals surface area (Å²) in [6.07, 6.45) is 0. The molecule has 1 aliphatic heterocycles. The van der Waals surface area contributed by atoms with E-state index in [9.17, 15) is 14.9 Å². The van der Waals surface area contributed by atoms with Crippen LogP contribution in [0.4, 0.5) is 11.4 Å². The number of hydrogen-bond acceptors (Lipinski definition) is 6. The molecule has 2 unspecified atom stereocenters. The molecule has 2 N–H and O–H groups in total. The standard InChI is InChI=1S/C12H11N3O5/c13-4-7-3-8(15(18)19)1-2-10(7)14-11-6-20-5-9(11)12(16)17/h1-3,9,11,14H,5-6H2,(H,16,17). The van der Waals surface area contributed by atoms with E-state index in [1.54, 1.807) is 0 Å². The van der Waals surface area contributed by atoms with Gasteiger partial charge in [0.25, 0.3) is 5.69 Å². The third kappa shape index (κ3) is 2.67. The second-order valence-corrected chi connectivity index (χ2v) is 4.33. The highest BCUT2D eigenvalue weighted by Crippen LogP contribution is 2.25. The van der Waals surface area contributed by atoms with E-state index in [0.717, 1.165) is 6.07 Å². The molecule has 1 aliphatic rings. The molecule has 1 aromatic rings. The fraction of sp³-hybridized carbons (Fsp3) is 0.333. The second kappa shape index (κ2) is 5.54. The van der Waals surface area contributed by atoms with Crippen LogP contribution in [0.2, 0.25) is 0 Å². The van der Waals surface area contributed by atoms with Gasteiger partial charge in [-0.3, -0.25) is 14.9 Å². The van der Waals surface area contributed by atoms with Crippen LogP contribution in [0.1, 0.15) is 5.56 Å². The maximum Gasteiger partial charge on any atom is 0.311 e. The van der Waals surface area contributed by atoms with Crippen LogP contribution in [0, 0.1) is 27.4 Å². The lowest BCUT2D eigenvalue weighted by molar-refractivity contribution is -0.384. The summed E-state index contributed by atoms with van der Waals surface area (Å²) in [7, 11) is 0. The van der Waals surface area contributed by atoms with Crippen LogP contribution >= 0.6 is 0 Å². The predicted molar refractivity (Wildman–Crippen MR) is 67.2 cm³/mol. The molecule has 2 atom stereocenters. The number of aliphatic carboxylic acids is 1. The summed E-state index contributed by atoms with van der Waals surface area (Å²) in [6, 6.07) is 5.18. The van der Waals surface area contributed by atoms with E-state index in [1.807, 2.05) is 6.07 Å². The molecule has 0 bridgehead atoms. The number of carboxylic acid groups (broad SMARTS) is 1. The minimum atomic E-state index is -0.986. The van der Waals surface area contributed by atoms with Crippen LogP contribution in [0.15, 0.2) is 18.2 Å². The van der Waals surface area contributed by atoms with Crippen molar-refractivity contribution in [2.24, 2.45) is 5.92 Å². The Labute approximate surface area is 113 Å². The molecule has 0 amide bonds. The number of ether oxygens (including phenoxy) is 1. The van der Waals surface area contributed by atoms with Gasteiger partial charge >= 0.3 is 5.97 Å². The van der Waals surface area contributed by atoms with Crippen molar-refractivity contribution in [3.8, 4) is 6.07 Å². The molecule has 8 heteroatoms. The lowest BCUT2D eigenvalue weighted by Gasteiger charge is -2.17. The Balaban J connectivity index is 2.23. The summed E-state index contributed by atoms with van der Waals surface area (Å²) in [5.74, 6) is -1.70. The van der Waals surface area contributed by atoms with E-state index in [4.69, 9.17) is 15.1 Å². The van der Waals surface area contributed by atoms with Crippen LogP contribution < -0.4 is 5.32 Å². The van der Waals surface area contributed by atoms with E-state index in [1.165, 1.54) is 12.1 Å². The Morgan fingerprint density at radius 2 is 2.30 bits per heavy atom. The van der Waals surface area contributed by atoms with Gasteiger partial charge in [-0.15, -0.1) is 0 Å². The first-order chi connectivity index (χ1) is 9.52. The smallest absolute Gasteiger partial charge is 0.311 e. The molecular weight excluding hydrogens is 266 g/mol. The van der Waals surface area contributed by atoms with Crippen molar-refractivity contribution in [3.63, 3.8) is 0 Å². The summed E-state index contributed by atoms with van der Waals surface area (Å²) < 4.78 is 5.10. The van der Waals surface area contributed by atoms with Gasteiger partial charge in [-0.1, -0.05) is 0 Å². The average Bonchev–Trinajstić information content (AvgIpc) is 2.87. The summed E-state index contributed by atoms with van der Waals surface area (Å²) in [5, 5.41) is 31.6. The molecule has 0 aliphatic carbocycles. The molecule has 1 fully saturated rings. The summed E-state index contributed by atoms with van der Waals surface area (Å²) in [6.45, 7) is 0.306. The molecule has 0 aromatic heterocycles. The Hall–Kier alpha value is -2.66. The first kappa shape index (κ1) is 13.8. The molecule has 1 saturated heterocycles. The van der Waals surface area contributed by atoms with Crippen molar-refractivity contribution in [2.75, 3.05) is 18.5 Å². The van der Waals surface area contributed by atoms with E-state index in [0.29, 0.717) is 5.69 Å². The number of carboxylic acids is 1. The van der Waals surface area contributed by atoms with Crippen molar-refractivity contribution in [1.29, 1.82) is 5.26 Å². The Morgan fingerprint density at radius 3 is 2.90 bits per heavy atom. The molecule has 0 saturated carbocycles. The van der Waals surface area contributed by atoms with Gasteiger partial charge in [0.2, 0.25) is 0 Å². The highest BCUT2D eigenvalue weighted by Gasteiger charge is 2.34. The van der Waals surface area contributed by atoms with Crippen LogP contribution in [-0.2, 0) is 9.53 Å². The third-order valence-electron chi connectivity index (χ3n) is 3.07. The number of nitriles is 1. The number of non-ortho nitro benzene ring substituents is 1. The van der Waals surface area contributed by atoms with Crippen molar-refractivity contribution in [1.82, 2.24) is 0 Å². The third-order valence-corrected chi connectivity index (χ3v) is 3.07. The van der Waals surface area contributed by atoms with Crippen LogP contribution in [0.3, 0.4) is 0 Å². The van der Waals surface area contributed by atoms with E-state index in [2.05, 4.69) is 5.32 Å². The van der Waals surface area contributed by atoms with E-state index >= 15 is 0 Å². The molecule has 1 aromatic carbocycles. The van der Waals surface area contributed by atoms with Crippen LogP contribution in [0.5, 0.6) is 0 Å². The zero-order valence-electron chi connectivity index (χ0n) is 10.3. The summed E-state index contributed by atoms with van der Waals surface area (Å²) >= 11 is 0. The van der Waals surface area contributed by atoms with Gasteiger partial charge < -0.3 is 15.2 Å². The first-order valence-corrected chi connectivity index (χ1v) is 5.78. The van der Waals surface area contributed by atoms with Gasteiger partial charge in [0.15, 0.2) is 0 Å². The highest BCUT2D eigenvalue weighted by atomic mass is 16.6. The highest BCUT2D eigenvalue weighted by molar-refractivity contribution is 5.73. The molecule has 0 spiro atoms. The molecule has 0 radical (unpaired) electrons. The van der Waals surface area contributed by atoms with Crippen molar-refractivity contribution in [3.05, 3.63) is 33.9 Å². The summed E-state index contributed by atoms with van der Waals surface area (Å²) in [4.78, 5) is 21.1. The second-order valence-electron chi connectivity index (χ2n) is 4.33. The Bertz CT molecular complexity index is 595. The van der Waals surface area contributed by atoms with Crippen LogP contribution in [-0.4, -0.2) is 35.3 Å². The predicted octanol–water partition coefficient (Wildman–Crippen LogP) is 0.978. The maximum absolute atomic E-state index is 11.0. The number of carbonyl (C=O) groups is 1. The average molecular weight is 277 g/mol. The minimum Gasteiger partial charge on any atom is -0.481 e. The molecule has 1 heterocycles. The number of anilines is 1. The number of nitrogens with zero attached hydrogens (tertiary/aromatic N) is 2. The number of nitro benzene ring substituents is 1. The number of rotatable bonds is 4. The molecule has 104 valence electrons. The lowest BCUT2D eigenvalue weighted by Crippen LogP contribution is -2.33. The number of nitrogens with one attached hydrogen (secondary N) is 1. The van der Waals surface area contributed by atoms with E-state index in [-0.39, 0.29) is 24.5 Å². The number of benzene rings is 1. The van der Waals surface area contributed by atoms with Gasteiger partial charge in [-0.25, -0.2) is 0 Å². The minimum absolute atomic E-state index is 0.0928. The Morgan fingerprint density at radius 1 is 1.55 bits per heavy atom. The quantitative estimate of drug-likeness (QED) is 0.620. The molecular formula is C12H11N3O5. The van der Waals surface area contributed by atoms with Crippen molar-refractivity contribution in [2.45, 2.75) is 6.04 Å². The SMILES string of the molecule is N#Cc1cc([N+](=O)[O-])ccc1NC1COCC1C(=O)O. The van der Waals surface area contributed by atoms with Crippen LogP contribution in [0.25, 0.3) is 0 Å². The van der Waals surface area contributed by atoms with Gasteiger partial charge in [0.1, 0.15) is 12.0 Å². The molecule has 20 heavy (non-hydrogen) atoms. The normalized spacial score (nSPS) is 21.1. The largest absolute Gasteiger partial charge is 0.481 e. The van der Waals surface area contributed by atoms with Crippen molar-refractivity contribution < 1.29 is 19.6 Å². The molecule has 8 nitrogen and oxygen atoms in total. The number of nitro groups is 1. The van der Waals surface area contributed by atoms with Gasteiger partial charge in [-0.2, -0.15) is 5.26 Å². The van der Waals surface area contributed by atoms with Gasteiger partial charge in [0.05, 0.1) is 35.4 Å². The lowest BCUT2D eigenvalue weighted by atomic mass is 10.0. The van der Waals surface area contributed by atoms with Gasteiger partial charge in [-0.05, 0) is 6.07 Å². The van der Waals surface area contributed by atoms with E-state index < -0.39 is 22.9 Å². The van der Waals surface area contributed by atoms with Crippen molar-refractivity contribution >= 4 is 17.3 Å². The maximum atomic E-state index is 11.0. The molecule has 2 rings (SSSR count). The Kier molecular flexibility index (Phi) is 3.81. The zero-order valence-corrected chi connectivity index (χ0v) is 10.3. The fourth-order valence-electron chi connectivity index (χ4n) is 2.00. The number of hydrogen-bond donors (Lipinski definition) is 2. The monoisotopic (exact) mass is 277 g/mol. The summed E-state index contributed by atoms with van der Waals surface area (Å²) in [5.41, 5.74) is 0.264. The zero-order chi connectivity index (χ0) is 14.7. The van der Waals surface area contributed by atoms with Gasteiger partial charge in [0, 0.05) is 12.1 Å².